The Bertz CT molecular complexity index is 437. The van der Waals surface area contributed by atoms with Gasteiger partial charge >= 0.3 is 5.97 Å². The zero-order valence-electron chi connectivity index (χ0n) is 7.80. The number of hydrogen-bond acceptors (Lipinski definition) is 4. The monoisotopic (exact) mass is 220 g/mol. The van der Waals surface area contributed by atoms with Crippen LogP contribution >= 0.6 is 11.8 Å². The largest absolute Gasteiger partial charge is 0.478 e. The molecule has 0 amide bonds. The zero-order valence-corrected chi connectivity index (χ0v) is 8.62. The van der Waals surface area contributed by atoms with Gasteiger partial charge in [-0.3, -0.25) is 0 Å². The second-order valence-corrected chi connectivity index (χ2v) is 3.69. The number of rotatable bonds is 4. The average molecular weight is 220 g/mol. The lowest BCUT2D eigenvalue weighted by molar-refractivity contribution is -0.132. The van der Waals surface area contributed by atoms with Gasteiger partial charge in [-0.2, -0.15) is 5.26 Å². The van der Waals surface area contributed by atoms with Crippen LogP contribution in [0.2, 0.25) is 0 Å². The first-order valence-electron chi connectivity index (χ1n) is 4.03. The number of thioether (sulfide) groups is 1. The molecule has 1 rings (SSSR count). The molecule has 0 aliphatic rings. The molecule has 0 aliphatic heterocycles. The molecule has 15 heavy (non-hydrogen) atoms. The highest BCUT2D eigenvalue weighted by molar-refractivity contribution is 7.99. The molecule has 0 spiro atoms. The van der Waals surface area contributed by atoms with Gasteiger partial charge < -0.3 is 5.11 Å². The van der Waals surface area contributed by atoms with E-state index in [1.165, 1.54) is 18.0 Å². The van der Waals surface area contributed by atoms with Gasteiger partial charge in [0.2, 0.25) is 0 Å². The van der Waals surface area contributed by atoms with Crippen molar-refractivity contribution >= 4 is 17.7 Å². The van der Waals surface area contributed by atoms with Gasteiger partial charge in [0, 0.05) is 17.5 Å². The van der Waals surface area contributed by atoms with E-state index < -0.39 is 5.97 Å². The number of carboxylic acids is 1. The van der Waals surface area contributed by atoms with Crippen molar-refractivity contribution in [2.75, 3.05) is 5.75 Å². The molecule has 0 fully saturated rings. The number of carboxylic acid groups (broad SMARTS) is 1. The highest BCUT2D eigenvalue weighted by Crippen LogP contribution is 2.18. The van der Waals surface area contributed by atoms with Crippen molar-refractivity contribution in [1.29, 1.82) is 5.26 Å². The fourth-order valence-electron chi connectivity index (χ4n) is 0.781. The molecule has 0 radical (unpaired) electrons. The Morgan fingerprint density at radius 2 is 2.47 bits per heavy atom. The van der Waals surface area contributed by atoms with E-state index in [-0.39, 0.29) is 11.3 Å². The topological polar surface area (TPSA) is 74.0 Å². The van der Waals surface area contributed by atoms with Crippen molar-refractivity contribution in [3.05, 3.63) is 36.0 Å². The summed E-state index contributed by atoms with van der Waals surface area (Å²) in [5.74, 6) is -0.754. The Morgan fingerprint density at radius 3 is 3.07 bits per heavy atom. The lowest BCUT2D eigenvalue weighted by Gasteiger charge is -2.00. The molecule has 0 aromatic carbocycles. The summed E-state index contributed by atoms with van der Waals surface area (Å²) < 4.78 is 0. The number of aromatic nitrogens is 1. The van der Waals surface area contributed by atoms with Gasteiger partial charge in [-0.05, 0) is 12.1 Å². The molecule has 5 heteroatoms. The van der Waals surface area contributed by atoms with Gasteiger partial charge in [-0.1, -0.05) is 6.58 Å². The summed E-state index contributed by atoms with van der Waals surface area (Å²) in [6, 6.07) is 5.19. The number of nitriles is 1. The van der Waals surface area contributed by atoms with Crippen LogP contribution in [-0.4, -0.2) is 21.8 Å². The van der Waals surface area contributed by atoms with Crippen molar-refractivity contribution in [3.8, 4) is 6.07 Å². The Balaban J connectivity index is 2.62. The molecule has 1 aromatic rings. The Labute approximate surface area is 91.3 Å². The second kappa shape index (κ2) is 5.17. The minimum atomic E-state index is -1.01. The summed E-state index contributed by atoms with van der Waals surface area (Å²) in [5.41, 5.74) is 0.623. The Hall–Kier alpha value is -1.80. The maximum Gasteiger partial charge on any atom is 0.331 e. The molecule has 0 atom stereocenters. The molecule has 76 valence electrons. The minimum absolute atomic E-state index is 0.115. The van der Waals surface area contributed by atoms with Crippen molar-refractivity contribution in [2.24, 2.45) is 0 Å². The van der Waals surface area contributed by atoms with Crippen LogP contribution in [0.25, 0.3) is 0 Å². The summed E-state index contributed by atoms with van der Waals surface area (Å²) in [4.78, 5) is 14.5. The van der Waals surface area contributed by atoms with E-state index in [4.69, 9.17) is 10.4 Å². The van der Waals surface area contributed by atoms with E-state index in [0.29, 0.717) is 10.6 Å². The molecule has 0 unspecified atom stereocenters. The third-order valence-corrected chi connectivity index (χ3v) is 2.57. The van der Waals surface area contributed by atoms with Crippen molar-refractivity contribution in [1.82, 2.24) is 4.98 Å². The average Bonchev–Trinajstić information content (AvgIpc) is 2.26. The van der Waals surface area contributed by atoms with Crippen molar-refractivity contribution in [3.63, 3.8) is 0 Å². The summed E-state index contributed by atoms with van der Waals surface area (Å²) in [6.07, 6.45) is 1.52. The maximum absolute atomic E-state index is 10.5. The third kappa shape index (κ3) is 3.44. The second-order valence-electron chi connectivity index (χ2n) is 2.69. The summed E-state index contributed by atoms with van der Waals surface area (Å²) >= 11 is 1.24. The van der Waals surface area contributed by atoms with Gasteiger partial charge in [0.05, 0.1) is 16.7 Å². The molecular formula is C10H8N2O2S. The van der Waals surface area contributed by atoms with Gasteiger partial charge in [-0.15, -0.1) is 11.8 Å². The van der Waals surface area contributed by atoms with Gasteiger partial charge in [0.1, 0.15) is 0 Å². The lowest BCUT2D eigenvalue weighted by atomic mass is 10.3. The summed E-state index contributed by atoms with van der Waals surface area (Å²) in [5, 5.41) is 17.8. The number of pyridine rings is 1. The van der Waals surface area contributed by atoms with Crippen LogP contribution in [0.15, 0.2) is 35.5 Å². The maximum atomic E-state index is 10.5. The highest BCUT2D eigenvalue weighted by Gasteiger charge is 2.05. The van der Waals surface area contributed by atoms with E-state index in [2.05, 4.69) is 11.6 Å². The molecule has 0 saturated carbocycles. The van der Waals surface area contributed by atoms with Crippen LogP contribution in [0, 0.1) is 11.3 Å². The first kappa shape index (κ1) is 11.3. The molecule has 0 saturated heterocycles. The summed E-state index contributed by atoms with van der Waals surface area (Å²) in [7, 11) is 0. The predicted octanol–water partition coefficient (Wildman–Crippen LogP) is 1.69. The van der Waals surface area contributed by atoms with E-state index in [0.717, 1.165) is 0 Å². The van der Waals surface area contributed by atoms with Crippen LogP contribution in [-0.2, 0) is 4.79 Å². The van der Waals surface area contributed by atoms with Crippen LogP contribution in [0.3, 0.4) is 0 Å². The number of aliphatic carboxylic acids is 1. The molecule has 0 aliphatic carbocycles. The molecule has 1 heterocycles. The summed E-state index contributed by atoms with van der Waals surface area (Å²) in [6.45, 7) is 3.40. The van der Waals surface area contributed by atoms with E-state index >= 15 is 0 Å². The molecule has 1 N–H and O–H groups in total. The highest BCUT2D eigenvalue weighted by atomic mass is 32.2. The standard InChI is InChI=1S/C10H8N2O2S/c1-7(10(13)14)6-15-9-4-8(5-11)2-3-12-9/h2-4H,1,6H2,(H,13,14). The van der Waals surface area contributed by atoms with Crippen LogP contribution < -0.4 is 0 Å². The van der Waals surface area contributed by atoms with E-state index in [1.54, 1.807) is 12.1 Å². The normalized spacial score (nSPS) is 9.27. The van der Waals surface area contributed by atoms with Crippen LogP contribution in [0.5, 0.6) is 0 Å². The predicted molar refractivity (Wildman–Crippen MR) is 56.5 cm³/mol. The third-order valence-electron chi connectivity index (χ3n) is 1.56. The number of carbonyl (C=O) groups is 1. The SMILES string of the molecule is C=C(CSc1cc(C#N)ccn1)C(=O)O. The lowest BCUT2D eigenvalue weighted by Crippen LogP contribution is -2.01. The first-order valence-corrected chi connectivity index (χ1v) is 5.02. The van der Waals surface area contributed by atoms with Crippen molar-refractivity contribution < 1.29 is 9.90 Å². The van der Waals surface area contributed by atoms with E-state index in [1.807, 2.05) is 6.07 Å². The molecule has 0 bridgehead atoms. The van der Waals surface area contributed by atoms with Gasteiger partial charge in [0.25, 0.3) is 0 Å². The smallest absolute Gasteiger partial charge is 0.331 e. The molecular weight excluding hydrogens is 212 g/mol. The minimum Gasteiger partial charge on any atom is -0.478 e. The quantitative estimate of drug-likeness (QED) is 0.617. The number of hydrogen-bond donors (Lipinski definition) is 1. The Kier molecular flexibility index (Phi) is 3.89. The zero-order chi connectivity index (χ0) is 11.3. The van der Waals surface area contributed by atoms with Crippen molar-refractivity contribution in [2.45, 2.75) is 5.03 Å². The van der Waals surface area contributed by atoms with Gasteiger partial charge in [0.15, 0.2) is 0 Å². The first-order chi connectivity index (χ1) is 7.13. The van der Waals surface area contributed by atoms with E-state index in [9.17, 15) is 4.79 Å². The molecule has 4 nitrogen and oxygen atoms in total. The Morgan fingerprint density at radius 1 is 1.73 bits per heavy atom. The van der Waals surface area contributed by atoms with Crippen LogP contribution in [0.1, 0.15) is 5.56 Å². The van der Waals surface area contributed by atoms with Crippen LogP contribution in [0.4, 0.5) is 0 Å². The van der Waals surface area contributed by atoms with Gasteiger partial charge in [-0.25, -0.2) is 9.78 Å². The fourth-order valence-corrected chi connectivity index (χ4v) is 1.57. The molecule has 1 aromatic heterocycles. The fraction of sp³-hybridized carbons (Fsp3) is 0.100. The number of nitrogens with zero attached hydrogens (tertiary/aromatic N) is 2.